The molecule has 1 aliphatic heterocycles. The molecule has 1 saturated heterocycles. The third kappa shape index (κ3) is 3.82. The minimum Gasteiger partial charge on any atom is -0.315 e. The van der Waals surface area contributed by atoms with Gasteiger partial charge >= 0.3 is 0 Å². The molecule has 0 radical (unpaired) electrons. The molecule has 4 heteroatoms. The Bertz CT molecular complexity index is 537. The van der Waals surface area contributed by atoms with Gasteiger partial charge in [0, 0.05) is 19.5 Å². The van der Waals surface area contributed by atoms with Crippen molar-refractivity contribution in [2.45, 2.75) is 32.4 Å². The first-order chi connectivity index (χ1) is 10.2. The fourth-order valence-corrected chi connectivity index (χ4v) is 3.06. The number of nitriles is 2. The number of rotatable bonds is 4. The molecule has 1 aromatic carbocycles. The lowest BCUT2D eigenvalue weighted by atomic mass is 9.80. The van der Waals surface area contributed by atoms with E-state index < -0.39 is 0 Å². The first-order valence-corrected chi connectivity index (χ1v) is 7.47. The van der Waals surface area contributed by atoms with Crippen LogP contribution in [0, 0.1) is 41.4 Å². The molecule has 1 fully saturated rings. The Morgan fingerprint density at radius 3 is 2.62 bits per heavy atom. The fraction of sp³-hybridized carbons (Fsp3) is 0.529. The van der Waals surface area contributed by atoms with Crippen LogP contribution >= 0.6 is 0 Å². The molecule has 0 bridgehead atoms. The maximum absolute atomic E-state index is 9.48. The molecule has 0 saturated carbocycles. The summed E-state index contributed by atoms with van der Waals surface area (Å²) >= 11 is 0. The molecule has 0 aromatic heterocycles. The summed E-state index contributed by atoms with van der Waals surface area (Å²) in [6.07, 6.45) is 2.07. The van der Waals surface area contributed by atoms with Crippen molar-refractivity contribution in [3.8, 4) is 12.1 Å². The van der Waals surface area contributed by atoms with Crippen molar-refractivity contribution in [2.24, 2.45) is 17.6 Å². The van der Waals surface area contributed by atoms with E-state index in [1.165, 1.54) is 11.1 Å². The van der Waals surface area contributed by atoms with E-state index in [9.17, 15) is 5.26 Å². The first-order valence-electron chi connectivity index (χ1n) is 7.47. The van der Waals surface area contributed by atoms with Gasteiger partial charge in [-0.25, -0.2) is 0 Å². The highest BCUT2D eigenvalue weighted by Crippen LogP contribution is 2.29. The monoisotopic (exact) mass is 282 g/mol. The van der Waals surface area contributed by atoms with E-state index in [1.807, 2.05) is 0 Å². The average molecular weight is 282 g/mol. The van der Waals surface area contributed by atoms with E-state index in [0.29, 0.717) is 18.9 Å². The number of piperidine rings is 1. The second kappa shape index (κ2) is 7.22. The van der Waals surface area contributed by atoms with Gasteiger partial charge in [0.2, 0.25) is 0 Å². The summed E-state index contributed by atoms with van der Waals surface area (Å²) in [5.41, 5.74) is 8.75. The Morgan fingerprint density at radius 1 is 1.29 bits per heavy atom. The first kappa shape index (κ1) is 15.5. The number of benzene rings is 1. The minimum atomic E-state index is -0.257. The Hall–Kier alpha value is -1.88. The topological polar surface area (TPSA) is 76.8 Å². The van der Waals surface area contributed by atoms with Crippen LogP contribution in [-0.2, 0) is 6.42 Å². The molecular formula is C17H22N4. The van der Waals surface area contributed by atoms with Crippen molar-refractivity contribution in [3.63, 3.8) is 0 Å². The van der Waals surface area contributed by atoms with E-state index in [4.69, 9.17) is 11.0 Å². The number of likely N-dealkylation sites (tertiary alicyclic amines) is 1. The van der Waals surface area contributed by atoms with Crippen LogP contribution in [-0.4, -0.2) is 24.2 Å². The lowest BCUT2D eigenvalue weighted by Crippen LogP contribution is -2.54. The second-order valence-electron chi connectivity index (χ2n) is 5.83. The summed E-state index contributed by atoms with van der Waals surface area (Å²) in [6, 6.07) is 13.0. The Labute approximate surface area is 126 Å². The van der Waals surface area contributed by atoms with Gasteiger partial charge in [0.15, 0.2) is 0 Å². The molecule has 21 heavy (non-hydrogen) atoms. The molecule has 1 aromatic rings. The molecule has 2 N–H and O–H groups in total. The Kier molecular flexibility index (Phi) is 5.33. The van der Waals surface area contributed by atoms with Crippen LogP contribution in [0.15, 0.2) is 24.3 Å². The van der Waals surface area contributed by atoms with Crippen molar-refractivity contribution < 1.29 is 0 Å². The van der Waals surface area contributed by atoms with Crippen LogP contribution in [0.2, 0.25) is 0 Å². The summed E-state index contributed by atoms with van der Waals surface area (Å²) in [5, 5.41) is 18.2. The van der Waals surface area contributed by atoms with Gasteiger partial charge in [0.1, 0.15) is 0 Å². The normalized spacial score (nSPS) is 26.0. The minimum absolute atomic E-state index is 0.168. The van der Waals surface area contributed by atoms with Gasteiger partial charge < -0.3 is 5.73 Å². The van der Waals surface area contributed by atoms with Crippen molar-refractivity contribution in [1.29, 1.82) is 10.5 Å². The molecule has 110 valence electrons. The Morgan fingerprint density at radius 2 is 2.00 bits per heavy atom. The van der Waals surface area contributed by atoms with Gasteiger partial charge in [-0.2, -0.15) is 10.5 Å². The summed E-state index contributed by atoms with van der Waals surface area (Å²) in [7, 11) is 0. The summed E-state index contributed by atoms with van der Waals surface area (Å²) in [5.74, 6) is 0.129. The molecule has 2 rings (SSSR count). The predicted octanol–water partition coefficient (Wildman–Crippen LogP) is 2.20. The zero-order valence-corrected chi connectivity index (χ0v) is 12.5. The summed E-state index contributed by atoms with van der Waals surface area (Å²) < 4.78 is 0. The van der Waals surface area contributed by atoms with Gasteiger partial charge in [-0.1, -0.05) is 29.8 Å². The maximum Gasteiger partial charge on any atom is 0.0780 e. The SMILES string of the molecule is Cc1ccc(CC2CCN(CCC#N)C(N)C2C#N)cc1. The van der Waals surface area contributed by atoms with Gasteiger partial charge in [-0.15, -0.1) is 0 Å². The third-order valence-electron chi connectivity index (χ3n) is 4.36. The molecule has 0 aliphatic carbocycles. The molecule has 1 aliphatic rings. The number of aryl methyl sites for hydroxylation is 1. The summed E-state index contributed by atoms with van der Waals surface area (Å²) in [4.78, 5) is 2.07. The van der Waals surface area contributed by atoms with Gasteiger partial charge in [-0.3, -0.25) is 4.90 Å². The van der Waals surface area contributed by atoms with E-state index in [1.54, 1.807) is 0 Å². The maximum atomic E-state index is 9.48. The predicted molar refractivity (Wildman–Crippen MR) is 81.9 cm³/mol. The highest BCUT2D eigenvalue weighted by atomic mass is 15.2. The van der Waals surface area contributed by atoms with Crippen molar-refractivity contribution in [3.05, 3.63) is 35.4 Å². The number of nitrogens with zero attached hydrogens (tertiary/aromatic N) is 3. The van der Waals surface area contributed by atoms with E-state index in [0.717, 1.165) is 19.4 Å². The van der Waals surface area contributed by atoms with E-state index in [-0.39, 0.29) is 12.1 Å². The molecule has 0 spiro atoms. The lowest BCUT2D eigenvalue weighted by molar-refractivity contribution is 0.0806. The van der Waals surface area contributed by atoms with Crippen molar-refractivity contribution in [1.82, 2.24) is 4.90 Å². The fourth-order valence-electron chi connectivity index (χ4n) is 3.06. The van der Waals surface area contributed by atoms with Gasteiger partial charge in [-0.05, 0) is 31.2 Å². The highest BCUT2D eigenvalue weighted by Gasteiger charge is 2.35. The lowest BCUT2D eigenvalue weighted by Gasteiger charge is -2.40. The van der Waals surface area contributed by atoms with Crippen LogP contribution < -0.4 is 5.73 Å². The largest absolute Gasteiger partial charge is 0.315 e. The third-order valence-corrected chi connectivity index (χ3v) is 4.36. The van der Waals surface area contributed by atoms with Gasteiger partial charge in [0.05, 0.1) is 24.2 Å². The molecular weight excluding hydrogens is 260 g/mol. The van der Waals surface area contributed by atoms with E-state index in [2.05, 4.69) is 48.2 Å². The smallest absolute Gasteiger partial charge is 0.0780 e. The molecule has 3 unspecified atom stereocenters. The standard InChI is InChI=1S/C17H22N4/c1-13-3-5-14(6-4-13)11-15-7-10-21(9-2-8-18)17(20)16(15)12-19/h3-6,15-17H,2,7,9-11,20H2,1H3. The van der Waals surface area contributed by atoms with Crippen LogP contribution in [0.5, 0.6) is 0 Å². The van der Waals surface area contributed by atoms with Crippen LogP contribution in [0.1, 0.15) is 24.0 Å². The van der Waals surface area contributed by atoms with E-state index >= 15 is 0 Å². The van der Waals surface area contributed by atoms with Crippen molar-refractivity contribution in [2.75, 3.05) is 13.1 Å². The quantitative estimate of drug-likeness (QED) is 0.918. The highest BCUT2D eigenvalue weighted by molar-refractivity contribution is 5.22. The van der Waals surface area contributed by atoms with Crippen LogP contribution in [0.4, 0.5) is 0 Å². The number of hydrogen-bond donors (Lipinski definition) is 1. The molecule has 0 amide bonds. The number of hydrogen-bond acceptors (Lipinski definition) is 4. The molecule has 1 heterocycles. The average Bonchev–Trinajstić information content (AvgIpc) is 2.49. The summed E-state index contributed by atoms with van der Waals surface area (Å²) in [6.45, 7) is 3.61. The number of nitrogens with two attached hydrogens (primary N) is 1. The van der Waals surface area contributed by atoms with Crippen molar-refractivity contribution >= 4 is 0 Å². The Balaban J connectivity index is 2.03. The van der Waals surface area contributed by atoms with Gasteiger partial charge in [0.25, 0.3) is 0 Å². The zero-order valence-electron chi connectivity index (χ0n) is 12.5. The van der Waals surface area contributed by atoms with Crippen LogP contribution in [0.3, 0.4) is 0 Å². The second-order valence-corrected chi connectivity index (χ2v) is 5.83. The van der Waals surface area contributed by atoms with Crippen LogP contribution in [0.25, 0.3) is 0 Å². The zero-order chi connectivity index (χ0) is 15.2. The molecule has 4 nitrogen and oxygen atoms in total. The molecule has 3 atom stereocenters.